The molecule has 0 saturated carbocycles. The van der Waals surface area contributed by atoms with Gasteiger partial charge in [0, 0.05) is 25.2 Å². The molecule has 1 atom stereocenters. The van der Waals surface area contributed by atoms with Crippen molar-refractivity contribution in [2.24, 2.45) is 11.1 Å². The Labute approximate surface area is 113 Å². The fourth-order valence-corrected chi connectivity index (χ4v) is 2.62. The number of nitrogens with two attached hydrogens (primary N) is 1. The molecule has 0 amide bonds. The Balaban J connectivity index is 2.36. The van der Waals surface area contributed by atoms with E-state index in [0.29, 0.717) is 5.69 Å². The predicted octanol–water partition coefficient (Wildman–Crippen LogP) is 2.47. The molecule has 1 aromatic rings. The molecule has 0 radical (unpaired) electrons. The zero-order valence-corrected chi connectivity index (χ0v) is 11.7. The number of aryl methyl sites for hydroxylation is 1. The van der Waals surface area contributed by atoms with Crippen LogP contribution in [0.4, 0.5) is 11.4 Å². The molecular weight excluding hydrogens is 242 g/mol. The van der Waals surface area contributed by atoms with Crippen molar-refractivity contribution in [2.75, 3.05) is 18.0 Å². The Hall–Kier alpha value is -1.62. The minimum Gasteiger partial charge on any atom is -0.365 e. The normalized spacial score (nSPS) is 22.3. The Morgan fingerprint density at radius 2 is 2.16 bits per heavy atom. The highest BCUT2D eigenvalue weighted by molar-refractivity contribution is 5.64. The summed E-state index contributed by atoms with van der Waals surface area (Å²) in [7, 11) is 0. The first kappa shape index (κ1) is 13.8. The van der Waals surface area contributed by atoms with Crippen molar-refractivity contribution in [2.45, 2.75) is 33.2 Å². The monoisotopic (exact) mass is 263 g/mol. The van der Waals surface area contributed by atoms with Gasteiger partial charge in [-0.2, -0.15) is 0 Å². The molecule has 0 spiro atoms. The Morgan fingerprint density at radius 3 is 2.74 bits per heavy atom. The Kier molecular flexibility index (Phi) is 3.49. The van der Waals surface area contributed by atoms with Gasteiger partial charge < -0.3 is 10.6 Å². The van der Waals surface area contributed by atoms with E-state index in [-0.39, 0.29) is 22.1 Å². The number of hydrogen-bond acceptors (Lipinski definition) is 4. The maximum Gasteiger partial charge on any atom is 0.292 e. The topological polar surface area (TPSA) is 72.4 Å². The first-order valence-corrected chi connectivity index (χ1v) is 6.57. The van der Waals surface area contributed by atoms with Crippen LogP contribution in [-0.2, 0) is 0 Å². The van der Waals surface area contributed by atoms with Crippen LogP contribution in [0.15, 0.2) is 18.2 Å². The molecule has 1 fully saturated rings. The third kappa shape index (κ3) is 2.71. The molecule has 2 N–H and O–H groups in total. The molecular formula is C14H21N3O2. The highest BCUT2D eigenvalue weighted by Crippen LogP contribution is 2.35. The molecule has 5 nitrogen and oxygen atoms in total. The summed E-state index contributed by atoms with van der Waals surface area (Å²) >= 11 is 0. The minimum absolute atomic E-state index is 0.0319. The van der Waals surface area contributed by atoms with Crippen LogP contribution in [-0.4, -0.2) is 24.1 Å². The molecule has 1 saturated heterocycles. The number of piperidine rings is 1. The van der Waals surface area contributed by atoms with Crippen molar-refractivity contribution < 1.29 is 4.92 Å². The van der Waals surface area contributed by atoms with Gasteiger partial charge in [0.05, 0.1) is 4.92 Å². The second kappa shape index (κ2) is 4.81. The second-order valence-electron chi connectivity index (χ2n) is 6.05. The largest absolute Gasteiger partial charge is 0.365 e. The molecule has 5 heteroatoms. The molecule has 0 aromatic heterocycles. The number of nitro benzene ring substituents is 1. The third-order valence-electron chi connectivity index (χ3n) is 3.98. The van der Waals surface area contributed by atoms with Gasteiger partial charge in [0.2, 0.25) is 0 Å². The summed E-state index contributed by atoms with van der Waals surface area (Å²) in [5, 5.41) is 11.2. The predicted molar refractivity (Wildman–Crippen MR) is 76.4 cm³/mol. The maximum atomic E-state index is 11.2. The van der Waals surface area contributed by atoms with Crippen LogP contribution in [0, 0.1) is 22.5 Å². The van der Waals surface area contributed by atoms with Crippen molar-refractivity contribution in [3.63, 3.8) is 0 Å². The van der Waals surface area contributed by atoms with E-state index in [0.717, 1.165) is 25.1 Å². The van der Waals surface area contributed by atoms with Crippen molar-refractivity contribution in [1.82, 2.24) is 0 Å². The summed E-state index contributed by atoms with van der Waals surface area (Å²) in [6, 6.07) is 5.41. The second-order valence-corrected chi connectivity index (χ2v) is 6.05. The molecule has 0 bridgehead atoms. The van der Waals surface area contributed by atoms with Gasteiger partial charge in [-0.25, -0.2) is 0 Å². The van der Waals surface area contributed by atoms with E-state index < -0.39 is 0 Å². The number of rotatable bonds is 2. The summed E-state index contributed by atoms with van der Waals surface area (Å²) < 4.78 is 0. The fraction of sp³-hybridized carbons (Fsp3) is 0.571. The first-order chi connectivity index (χ1) is 8.81. The van der Waals surface area contributed by atoms with Crippen LogP contribution in [0.3, 0.4) is 0 Å². The van der Waals surface area contributed by atoms with Gasteiger partial charge in [0.15, 0.2) is 0 Å². The lowest BCUT2D eigenvalue weighted by molar-refractivity contribution is -0.384. The minimum atomic E-state index is -0.309. The first-order valence-electron chi connectivity index (χ1n) is 6.57. The van der Waals surface area contributed by atoms with Crippen LogP contribution in [0.5, 0.6) is 0 Å². The van der Waals surface area contributed by atoms with Crippen molar-refractivity contribution in [3.05, 3.63) is 33.9 Å². The summed E-state index contributed by atoms with van der Waals surface area (Å²) in [5.74, 6) is 0. The molecule has 1 unspecified atom stereocenters. The van der Waals surface area contributed by atoms with E-state index in [4.69, 9.17) is 5.73 Å². The Bertz CT molecular complexity index is 499. The smallest absolute Gasteiger partial charge is 0.292 e. The van der Waals surface area contributed by atoms with Gasteiger partial charge in [0.25, 0.3) is 5.69 Å². The van der Waals surface area contributed by atoms with Gasteiger partial charge >= 0.3 is 0 Å². The van der Waals surface area contributed by atoms with Crippen LogP contribution < -0.4 is 10.6 Å². The van der Waals surface area contributed by atoms with Gasteiger partial charge in [-0.15, -0.1) is 0 Å². The molecule has 1 aliphatic rings. The molecule has 19 heavy (non-hydrogen) atoms. The summed E-state index contributed by atoms with van der Waals surface area (Å²) in [6.07, 6.45) is 0.859. The lowest BCUT2D eigenvalue weighted by Gasteiger charge is -2.43. The molecule has 2 rings (SSSR count). The van der Waals surface area contributed by atoms with E-state index in [1.165, 1.54) is 0 Å². The molecule has 1 aromatic carbocycles. The van der Waals surface area contributed by atoms with Crippen molar-refractivity contribution in [1.29, 1.82) is 0 Å². The SMILES string of the molecule is Cc1ccc([N+](=O)[O-])c(N2CCC(N)C(C)(C)C2)c1. The molecule has 104 valence electrons. The number of nitro groups is 1. The van der Waals surface area contributed by atoms with Crippen LogP contribution in [0.2, 0.25) is 0 Å². The summed E-state index contributed by atoms with van der Waals surface area (Å²) in [6.45, 7) is 7.71. The summed E-state index contributed by atoms with van der Waals surface area (Å²) in [4.78, 5) is 12.9. The molecule has 1 heterocycles. The average molecular weight is 263 g/mol. The van der Waals surface area contributed by atoms with Gasteiger partial charge in [0.1, 0.15) is 5.69 Å². The van der Waals surface area contributed by atoms with E-state index >= 15 is 0 Å². The van der Waals surface area contributed by atoms with E-state index in [2.05, 4.69) is 18.7 Å². The molecule has 1 aliphatic heterocycles. The number of benzene rings is 1. The zero-order chi connectivity index (χ0) is 14.2. The van der Waals surface area contributed by atoms with Crippen molar-refractivity contribution in [3.8, 4) is 0 Å². The number of nitrogens with zero attached hydrogens (tertiary/aromatic N) is 2. The average Bonchev–Trinajstić information content (AvgIpc) is 2.32. The van der Waals surface area contributed by atoms with Crippen LogP contribution in [0.1, 0.15) is 25.8 Å². The van der Waals surface area contributed by atoms with Gasteiger partial charge in [-0.3, -0.25) is 10.1 Å². The quantitative estimate of drug-likeness (QED) is 0.657. The summed E-state index contributed by atoms with van der Waals surface area (Å²) in [5.41, 5.74) is 8.01. The van der Waals surface area contributed by atoms with E-state index in [9.17, 15) is 10.1 Å². The third-order valence-corrected chi connectivity index (χ3v) is 3.98. The van der Waals surface area contributed by atoms with Gasteiger partial charge in [-0.05, 0) is 30.4 Å². The highest BCUT2D eigenvalue weighted by atomic mass is 16.6. The van der Waals surface area contributed by atoms with E-state index in [1.54, 1.807) is 12.1 Å². The van der Waals surface area contributed by atoms with E-state index in [1.807, 2.05) is 13.0 Å². The highest BCUT2D eigenvalue weighted by Gasteiger charge is 2.35. The lowest BCUT2D eigenvalue weighted by atomic mass is 9.79. The molecule has 0 aliphatic carbocycles. The van der Waals surface area contributed by atoms with Crippen molar-refractivity contribution >= 4 is 11.4 Å². The number of hydrogen-bond donors (Lipinski definition) is 1. The zero-order valence-electron chi connectivity index (χ0n) is 11.7. The Morgan fingerprint density at radius 1 is 1.47 bits per heavy atom. The lowest BCUT2D eigenvalue weighted by Crippen LogP contribution is -2.52. The van der Waals surface area contributed by atoms with Crippen LogP contribution >= 0.6 is 0 Å². The standard InChI is InChI=1S/C14H21N3O2/c1-10-4-5-11(17(18)19)12(8-10)16-7-6-13(15)14(2,3)9-16/h4-5,8,13H,6-7,9,15H2,1-3H3. The number of anilines is 1. The van der Waals surface area contributed by atoms with Gasteiger partial charge in [-0.1, -0.05) is 19.9 Å². The van der Waals surface area contributed by atoms with Crippen LogP contribution in [0.25, 0.3) is 0 Å². The fourth-order valence-electron chi connectivity index (χ4n) is 2.62. The maximum absolute atomic E-state index is 11.2.